The molecule has 256 valence electrons. The Balaban J connectivity index is 1.16. The van der Waals surface area contributed by atoms with Gasteiger partial charge in [0, 0.05) is 28.5 Å². The monoisotopic (exact) mass is 694 g/mol. The molecule has 0 unspecified atom stereocenters. The van der Waals surface area contributed by atoms with Gasteiger partial charge in [-0.2, -0.15) is 0 Å². The van der Waals surface area contributed by atoms with Crippen LogP contribution < -0.4 is 0 Å². The van der Waals surface area contributed by atoms with Crippen LogP contribution in [0.4, 0.5) is 5.69 Å². The summed E-state index contributed by atoms with van der Waals surface area (Å²) < 4.78 is 1.13. The van der Waals surface area contributed by atoms with Crippen molar-refractivity contribution in [3.05, 3.63) is 150 Å². The second-order valence-corrected chi connectivity index (χ2v) is 16.7. The van der Waals surface area contributed by atoms with Crippen molar-refractivity contribution in [3.63, 3.8) is 0 Å². The van der Waals surface area contributed by atoms with Gasteiger partial charge in [0.05, 0.1) is 15.9 Å². The van der Waals surface area contributed by atoms with Gasteiger partial charge < -0.3 is 5.11 Å². The van der Waals surface area contributed by atoms with Crippen LogP contribution in [0.25, 0.3) is 64.6 Å². The minimum Gasteiger partial charge on any atom is -0.507 e. The average molecular weight is 695 g/mol. The third kappa shape index (κ3) is 6.18. The predicted molar refractivity (Wildman–Crippen MR) is 224 cm³/mol. The molecule has 0 fully saturated rings. The van der Waals surface area contributed by atoms with Gasteiger partial charge in [-0.3, -0.25) is 4.99 Å². The Hall–Kier alpha value is -5.58. The minimum absolute atomic E-state index is 0.0714. The predicted octanol–water partition coefficient (Wildman–Crippen LogP) is 13.7. The van der Waals surface area contributed by atoms with E-state index in [1.54, 1.807) is 17.6 Å². The zero-order valence-electron chi connectivity index (χ0n) is 30.5. The highest BCUT2D eigenvalue weighted by Gasteiger charge is 2.25. The second-order valence-electron chi connectivity index (χ2n) is 15.7. The Morgan fingerprint density at radius 1 is 0.596 bits per heavy atom. The van der Waals surface area contributed by atoms with E-state index in [2.05, 4.69) is 157 Å². The lowest BCUT2D eigenvalue weighted by Crippen LogP contribution is -2.17. The first-order chi connectivity index (χ1) is 25.0. The van der Waals surface area contributed by atoms with E-state index in [9.17, 15) is 5.11 Å². The van der Waals surface area contributed by atoms with Crippen molar-refractivity contribution in [2.45, 2.75) is 52.4 Å². The molecule has 4 heteroatoms. The Morgan fingerprint density at radius 3 is 1.96 bits per heavy atom. The van der Waals surface area contributed by atoms with Crippen LogP contribution in [-0.2, 0) is 10.8 Å². The molecule has 52 heavy (non-hydrogen) atoms. The van der Waals surface area contributed by atoms with Gasteiger partial charge in [0.2, 0.25) is 0 Å². The fourth-order valence-electron chi connectivity index (χ4n) is 7.09. The highest BCUT2D eigenvalue weighted by atomic mass is 32.1. The number of benzene rings is 7. The lowest BCUT2D eigenvalue weighted by molar-refractivity contribution is 0.444. The molecule has 1 N–H and O–H groups in total. The fourth-order valence-corrected chi connectivity index (χ4v) is 8.11. The molecule has 7 aromatic carbocycles. The number of aliphatic imine (C=N–C) groups is 1. The first-order valence-electron chi connectivity index (χ1n) is 17.9. The Labute approximate surface area is 310 Å². The maximum atomic E-state index is 11.4. The molecule has 1 heterocycles. The largest absolute Gasteiger partial charge is 0.507 e. The quantitative estimate of drug-likeness (QED) is 0.144. The highest BCUT2D eigenvalue weighted by Crippen LogP contribution is 2.42. The van der Waals surface area contributed by atoms with Crippen LogP contribution in [0, 0.1) is 0 Å². The Kier molecular flexibility index (Phi) is 8.31. The van der Waals surface area contributed by atoms with Gasteiger partial charge >= 0.3 is 0 Å². The number of fused-ring (bicyclic) bond motifs is 4. The molecular weight excluding hydrogens is 653 g/mol. The smallest absolute Gasteiger partial charge is 0.128 e. The number of hydrogen-bond acceptors (Lipinski definition) is 4. The molecule has 0 spiro atoms. The number of thiazole rings is 1. The average Bonchev–Trinajstić information content (AvgIpc) is 3.58. The molecule has 0 saturated heterocycles. The van der Waals surface area contributed by atoms with Gasteiger partial charge in [-0.1, -0.05) is 145 Å². The summed E-state index contributed by atoms with van der Waals surface area (Å²) in [5.41, 5.74) is 9.95. The topological polar surface area (TPSA) is 45.5 Å². The van der Waals surface area contributed by atoms with E-state index in [1.165, 1.54) is 38.2 Å². The molecule has 8 rings (SSSR count). The summed E-state index contributed by atoms with van der Waals surface area (Å²) in [4.78, 5) is 10.2. The first kappa shape index (κ1) is 33.6. The summed E-state index contributed by atoms with van der Waals surface area (Å²) >= 11 is 1.68. The van der Waals surface area contributed by atoms with Gasteiger partial charge in [0.1, 0.15) is 10.8 Å². The van der Waals surface area contributed by atoms with Crippen molar-refractivity contribution in [1.29, 1.82) is 0 Å². The van der Waals surface area contributed by atoms with Crippen LogP contribution in [0.15, 0.2) is 138 Å². The summed E-state index contributed by atoms with van der Waals surface area (Å²) in [6.45, 7) is 13.0. The number of aromatic hydroxyl groups is 1. The van der Waals surface area contributed by atoms with E-state index < -0.39 is 0 Å². The Bertz CT molecular complexity index is 2650. The van der Waals surface area contributed by atoms with Crippen molar-refractivity contribution in [2.75, 3.05) is 0 Å². The normalized spacial score (nSPS) is 12.4. The lowest BCUT2D eigenvalue weighted by Gasteiger charge is -2.27. The molecule has 8 aromatic rings. The molecule has 0 aliphatic carbocycles. The van der Waals surface area contributed by atoms with E-state index in [0.29, 0.717) is 0 Å². The maximum absolute atomic E-state index is 11.4. The number of phenolic OH excluding ortho intramolecular Hbond substituents is 1. The van der Waals surface area contributed by atoms with Crippen LogP contribution in [-0.4, -0.2) is 16.3 Å². The maximum Gasteiger partial charge on any atom is 0.128 e. The van der Waals surface area contributed by atoms with Crippen LogP contribution in [0.1, 0.15) is 58.2 Å². The van der Waals surface area contributed by atoms with Crippen molar-refractivity contribution in [2.24, 2.45) is 4.99 Å². The molecule has 0 aliphatic heterocycles. The van der Waals surface area contributed by atoms with E-state index in [-0.39, 0.29) is 16.6 Å². The second kappa shape index (κ2) is 12.9. The van der Waals surface area contributed by atoms with Crippen LogP contribution in [0.5, 0.6) is 5.75 Å². The highest BCUT2D eigenvalue weighted by molar-refractivity contribution is 7.21. The third-order valence-corrected chi connectivity index (χ3v) is 11.0. The SMILES string of the molecule is CC(C)(C)c1cc(C=Nc2ccccc2-c2nc3c(-c4ccc(-c5cc6ccccc6c6ccccc56)cc4)cccc3s2)c(O)c(C(C)(C)C)c1. The molecule has 0 saturated carbocycles. The molecular formula is C48H42N2OS. The Morgan fingerprint density at radius 2 is 1.23 bits per heavy atom. The lowest BCUT2D eigenvalue weighted by atomic mass is 9.79. The van der Waals surface area contributed by atoms with E-state index in [0.717, 1.165) is 48.7 Å². The molecule has 1 aromatic heterocycles. The van der Waals surface area contributed by atoms with Crippen molar-refractivity contribution >= 4 is 55.0 Å². The third-order valence-electron chi connectivity index (χ3n) is 9.98. The summed E-state index contributed by atoms with van der Waals surface area (Å²) in [6, 6.07) is 47.3. The van der Waals surface area contributed by atoms with Crippen LogP contribution in [0.3, 0.4) is 0 Å². The number of nitrogens with zero attached hydrogens (tertiary/aromatic N) is 2. The van der Waals surface area contributed by atoms with E-state index in [1.807, 2.05) is 18.2 Å². The van der Waals surface area contributed by atoms with E-state index >= 15 is 0 Å². The van der Waals surface area contributed by atoms with Crippen molar-refractivity contribution in [1.82, 2.24) is 4.98 Å². The fraction of sp³-hybridized carbons (Fsp3) is 0.167. The summed E-state index contributed by atoms with van der Waals surface area (Å²) in [7, 11) is 0. The molecule has 0 bridgehead atoms. The number of rotatable bonds is 5. The van der Waals surface area contributed by atoms with Gasteiger partial charge in [-0.25, -0.2) is 4.98 Å². The number of hydrogen-bond donors (Lipinski definition) is 1. The zero-order chi connectivity index (χ0) is 36.2. The minimum atomic E-state index is -0.213. The number of phenols is 1. The van der Waals surface area contributed by atoms with Gasteiger partial charge in [-0.15, -0.1) is 11.3 Å². The van der Waals surface area contributed by atoms with Gasteiger partial charge in [0.15, 0.2) is 0 Å². The van der Waals surface area contributed by atoms with Crippen molar-refractivity contribution in [3.8, 4) is 38.6 Å². The van der Waals surface area contributed by atoms with Gasteiger partial charge in [0.25, 0.3) is 0 Å². The zero-order valence-corrected chi connectivity index (χ0v) is 31.3. The van der Waals surface area contributed by atoms with Crippen LogP contribution >= 0.6 is 11.3 Å². The standard InChI is InChI=1S/C48H42N2OS/c1-47(2,3)34-26-33(45(51)41(28-34)48(4,5)6)29-49-42-20-12-11-18-39(42)46-50-44-36(19-13-21-43(44)52-46)30-22-24-31(25-23-30)40-27-32-14-7-8-15-35(32)37-16-9-10-17-38(37)40/h7-29,51H,1-6H3. The van der Waals surface area contributed by atoms with E-state index in [4.69, 9.17) is 9.98 Å². The van der Waals surface area contributed by atoms with Gasteiger partial charge in [-0.05, 0) is 85.0 Å². The number of para-hydroxylation sites is 2. The summed E-state index contributed by atoms with van der Waals surface area (Å²) in [5, 5.41) is 17.3. The molecule has 0 amide bonds. The van der Waals surface area contributed by atoms with Crippen LogP contribution in [0.2, 0.25) is 0 Å². The molecule has 0 aliphatic rings. The van der Waals surface area contributed by atoms with Crippen molar-refractivity contribution < 1.29 is 5.11 Å². The summed E-state index contributed by atoms with van der Waals surface area (Å²) in [5.74, 6) is 0.284. The summed E-state index contributed by atoms with van der Waals surface area (Å²) in [6.07, 6.45) is 1.80. The number of aromatic nitrogens is 1. The first-order valence-corrected chi connectivity index (χ1v) is 18.7. The molecule has 0 radical (unpaired) electrons. The molecule has 0 atom stereocenters. The molecule has 3 nitrogen and oxygen atoms in total.